The number of hydrogen-bond donors (Lipinski definition) is 1. The molecule has 2 amide bonds. The average Bonchev–Trinajstić information content (AvgIpc) is 2.51. The van der Waals surface area contributed by atoms with Crippen LogP contribution in [0, 0.1) is 0 Å². The standard InChI is InChI=1S/C14H18F3N3O3/c1-10-8-22-6-5-20(10)13(21)19-7-11-3-2-4-18-12(11)23-9-14(15,16)17/h2-4,10H,5-9H2,1H3,(H,19,21). The highest BCUT2D eigenvalue weighted by Gasteiger charge is 2.29. The van der Waals surface area contributed by atoms with Crippen molar-refractivity contribution in [1.82, 2.24) is 15.2 Å². The van der Waals surface area contributed by atoms with Gasteiger partial charge in [-0.05, 0) is 13.0 Å². The number of carbonyl (C=O) groups is 1. The minimum Gasteiger partial charge on any atom is -0.468 e. The number of alkyl halides is 3. The topological polar surface area (TPSA) is 63.7 Å². The molecule has 23 heavy (non-hydrogen) atoms. The number of ether oxygens (including phenoxy) is 2. The molecule has 1 aliphatic rings. The smallest absolute Gasteiger partial charge is 0.422 e. The molecule has 1 atom stereocenters. The van der Waals surface area contributed by atoms with Crippen molar-refractivity contribution >= 4 is 6.03 Å². The molecule has 0 bridgehead atoms. The second-order valence-corrected chi connectivity index (χ2v) is 5.15. The number of halogens is 3. The number of amides is 2. The van der Waals surface area contributed by atoms with E-state index in [-0.39, 0.29) is 24.5 Å². The van der Waals surface area contributed by atoms with E-state index in [2.05, 4.69) is 15.0 Å². The third-order valence-electron chi connectivity index (χ3n) is 3.28. The SMILES string of the molecule is CC1COCCN1C(=O)NCc1cccnc1OCC(F)(F)F. The predicted octanol–water partition coefficient (Wildman–Crippen LogP) is 1.95. The Balaban J connectivity index is 1.93. The quantitative estimate of drug-likeness (QED) is 0.915. The van der Waals surface area contributed by atoms with E-state index in [1.807, 2.05) is 6.92 Å². The van der Waals surface area contributed by atoms with Crippen LogP contribution in [-0.4, -0.2) is 54.5 Å². The van der Waals surface area contributed by atoms with Crippen LogP contribution in [0.1, 0.15) is 12.5 Å². The first-order valence-electron chi connectivity index (χ1n) is 7.12. The van der Waals surface area contributed by atoms with Crippen LogP contribution in [-0.2, 0) is 11.3 Å². The summed E-state index contributed by atoms with van der Waals surface area (Å²) >= 11 is 0. The second kappa shape index (κ2) is 7.49. The van der Waals surface area contributed by atoms with Crippen LogP contribution in [0.5, 0.6) is 5.88 Å². The fourth-order valence-corrected chi connectivity index (χ4v) is 2.14. The molecule has 2 rings (SSSR count). The van der Waals surface area contributed by atoms with Gasteiger partial charge in [0, 0.05) is 24.8 Å². The third kappa shape index (κ3) is 5.27. The average molecular weight is 333 g/mol. The van der Waals surface area contributed by atoms with Crippen LogP contribution in [0.4, 0.5) is 18.0 Å². The van der Waals surface area contributed by atoms with Crippen LogP contribution in [0.3, 0.4) is 0 Å². The monoisotopic (exact) mass is 333 g/mol. The number of rotatable bonds is 4. The van der Waals surface area contributed by atoms with Gasteiger partial charge in [-0.1, -0.05) is 6.07 Å². The van der Waals surface area contributed by atoms with E-state index in [1.54, 1.807) is 17.0 Å². The summed E-state index contributed by atoms with van der Waals surface area (Å²) < 4.78 is 46.6. The van der Waals surface area contributed by atoms with Gasteiger partial charge in [-0.2, -0.15) is 13.2 Å². The lowest BCUT2D eigenvalue weighted by atomic mass is 10.2. The molecule has 9 heteroatoms. The zero-order chi connectivity index (χ0) is 16.9. The Morgan fingerprint density at radius 1 is 1.57 bits per heavy atom. The van der Waals surface area contributed by atoms with E-state index < -0.39 is 12.8 Å². The number of urea groups is 1. The number of hydrogen-bond acceptors (Lipinski definition) is 4. The Morgan fingerprint density at radius 2 is 2.35 bits per heavy atom. The number of carbonyl (C=O) groups excluding carboxylic acids is 1. The van der Waals surface area contributed by atoms with Gasteiger partial charge in [0.15, 0.2) is 6.61 Å². The molecule has 1 N–H and O–H groups in total. The number of pyridine rings is 1. The van der Waals surface area contributed by atoms with Crippen molar-refractivity contribution in [2.24, 2.45) is 0 Å². The summed E-state index contributed by atoms with van der Waals surface area (Å²) in [6.45, 7) is 1.86. The van der Waals surface area contributed by atoms with Gasteiger partial charge in [-0.15, -0.1) is 0 Å². The summed E-state index contributed by atoms with van der Waals surface area (Å²) in [5.41, 5.74) is 0.381. The predicted molar refractivity (Wildman–Crippen MR) is 75.0 cm³/mol. The summed E-state index contributed by atoms with van der Waals surface area (Å²) in [6, 6.07) is 2.77. The van der Waals surface area contributed by atoms with E-state index in [1.165, 1.54) is 6.20 Å². The zero-order valence-electron chi connectivity index (χ0n) is 12.6. The molecule has 1 unspecified atom stereocenters. The van der Waals surface area contributed by atoms with Gasteiger partial charge in [0.25, 0.3) is 0 Å². The molecule has 0 aromatic carbocycles. The van der Waals surface area contributed by atoms with Crippen LogP contribution in [0.25, 0.3) is 0 Å². The van der Waals surface area contributed by atoms with Gasteiger partial charge in [0.2, 0.25) is 5.88 Å². The third-order valence-corrected chi connectivity index (χ3v) is 3.28. The molecule has 1 saturated heterocycles. The van der Waals surface area contributed by atoms with Crippen LogP contribution >= 0.6 is 0 Å². The maximum Gasteiger partial charge on any atom is 0.422 e. The first-order valence-corrected chi connectivity index (χ1v) is 7.12. The highest BCUT2D eigenvalue weighted by Crippen LogP contribution is 2.20. The van der Waals surface area contributed by atoms with E-state index >= 15 is 0 Å². The Morgan fingerprint density at radius 3 is 3.04 bits per heavy atom. The summed E-state index contributed by atoms with van der Waals surface area (Å²) in [5, 5.41) is 2.67. The molecule has 6 nitrogen and oxygen atoms in total. The summed E-state index contributed by atoms with van der Waals surface area (Å²) in [6.07, 6.45) is -3.11. The van der Waals surface area contributed by atoms with E-state index in [0.29, 0.717) is 25.3 Å². The molecule has 0 spiro atoms. The van der Waals surface area contributed by atoms with Gasteiger partial charge < -0.3 is 19.7 Å². The zero-order valence-corrected chi connectivity index (χ0v) is 12.6. The van der Waals surface area contributed by atoms with Gasteiger partial charge in [0.05, 0.1) is 19.3 Å². The first-order chi connectivity index (χ1) is 10.9. The molecule has 0 radical (unpaired) electrons. The summed E-state index contributed by atoms with van der Waals surface area (Å²) in [5.74, 6) is -0.139. The minimum absolute atomic E-state index is 0.0317. The molecular weight excluding hydrogens is 315 g/mol. The largest absolute Gasteiger partial charge is 0.468 e. The molecule has 1 fully saturated rings. The van der Waals surface area contributed by atoms with E-state index in [4.69, 9.17) is 4.74 Å². The second-order valence-electron chi connectivity index (χ2n) is 5.15. The Hall–Kier alpha value is -2.03. The van der Waals surface area contributed by atoms with Crippen molar-refractivity contribution < 1.29 is 27.4 Å². The molecule has 1 aromatic rings. The molecule has 128 valence electrons. The van der Waals surface area contributed by atoms with Gasteiger partial charge in [-0.3, -0.25) is 0 Å². The van der Waals surface area contributed by atoms with Crippen LogP contribution in [0.15, 0.2) is 18.3 Å². The Bertz CT molecular complexity index is 539. The lowest BCUT2D eigenvalue weighted by Crippen LogP contribution is -2.51. The van der Waals surface area contributed by atoms with Gasteiger partial charge >= 0.3 is 12.2 Å². The number of morpholine rings is 1. The molecule has 0 aliphatic carbocycles. The lowest BCUT2D eigenvalue weighted by Gasteiger charge is -2.33. The number of aromatic nitrogens is 1. The maximum absolute atomic E-state index is 12.2. The lowest BCUT2D eigenvalue weighted by molar-refractivity contribution is -0.154. The Labute approximate surface area is 131 Å². The van der Waals surface area contributed by atoms with Gasteiger partial charge in [0.1, 0.15) is 0 Å². The van der Waals surface area contributed by atoms with Gasteiger partial charge in [-0.25, -0.2) is 9.78 Å². The summed E-state index contributed by atoms with van der Waals surface area (Å²) in [7, 11) is 0. The fraction of sp³-hybridized carbons (Fsp3) is 0.571. The maximum atomic E-state index is 12.2. The Kier molecular flexibility index (Phi) is 5.64. The van der Waals surface area contributed by atoms with E-state index in [9.17, 15) is 18.0 Å². The van der Waals surface area contributed by atoms with Crippen molar-refractivity contribution in [1.29, 1.82) is 0 Å². The van der Waals surface area contributed by atoms with Crippen LogP contribution in [0.2, 0.25) is 0 Å². The normalized spacial score (nSPS) is 18.6. The first kappa shape index (κ1) is 17.3. The highest BCUT2D eigenvalue weighted by atomic mass is 19.4. The molecule has 2 heterocycles. The fourth-order valence-electron chi connectivity index (χ4n) is 2.14. The molecule has 1 aliphatic heterocycles. The van der Waals surface area contributed by atoms with Crippen molar-refractivity contribution in [3.05, 3.63) is 23.9 Å². The molecule has 1 aromatic heterocycles. The van der Waals surface area contributed by atoms with Crippen molar-refractivity contribution in [3.8, 4) is 5.88 Å². The van der Waals surface area contributed by atoms with Crippen molar-refractivity contribution in [3.63, 3.8) is 0 Å². The number of nitrogens with one attached hydrogen (secondary N) is 1. The van der Waals surface area contributed by atoms with E-state index in [0.717, 1.165) is 0 Å². The van der Waals surface area contributed by atoms with Crippen molar-refractivity contribution in [2.75, 3.05) is 26.4 Å². The highest BCUT2D eigenvalue weighted by molar-refractivity contribution is 5.74. The van der Waals surface area contributed by atoms with Crippen LogP contribution < -0.4 is 10.1 Å². The molecular formula is C14H18F3N3O3. The minimum atomic E-state index is -4.44. The molecule has 0 saturated carbocycles. The number of nitrogens with zero attached hydrogens (tertiary/aromatic N) is 2. The van der Waals surface area contributed by atoms with Crippen molar-refractivity contribution in [2.45, 2.75) is 25.7 Å². The summed E-state index contributed by atoms with van der Waals surface area (Å²) in [4.78, 5) is 17.5.